The maximum absolute atomic E-state index is 14.0. The van der Waals surface area contributed by atoms with E-state index in [-0.39, 0.29) is 35.9 Å². The van der Waals surface area contributed by atoms with E-state index in [0.717, 1.165) is 88.1 Å². The number of Topliss-reactive ketones (excluding diaryl/α,β-unsaturated/α-hetero) is 1. The molecule has 0 bridgehead atoms. The molecular weight excluding hydrogens is 680 g/mol. The van der Waals surface area contributed by atoms with Gasteiger partial charge in [0, 0.05) is 41.7 Å². The molecule has 5 atom stereocenters. The van der Waals surface area contributed by atoms with Crippen molar-refractivity contribution in [1.29, 1.82) is 0 Å². The second-order valence-electron chi connectivity index (χ2n) is 15.1. The van der Waals surface area contributed by atoms with Gasteiger partial charge in [-0.05, 0) is 106 Å². The molecule has 1 spiro atoms. The molecule has 5 aliphatic rings. The van der Waals surface area contributed by atoms with Crippen molar-refractivity contribution in [3.8, 4) is 0 Å². The summed E-state index contributed by atoms with van der Waals surface area (Å²) in [5.74, 6) is -2.14. The highest BCUT2D eigenvalue weighted by Gasteiger charge is 2.47. The summed E-state index contributed by atoms with van der Waals surface area (Å²) < 4.78 is 14.2. The first-order valence-corrected chi connectivity index (χ1v) is 19.8. The molecule has 2 saturated heterocycles. The van der Waals surface area contributed by atoms with Crippen LogP contribution >= 0.6 is 23.5 Å². The van der Waals surface area contributed by atoms with Crippen molar-refractivity contribution < 1.29 is 33.4 Å². The minimum Gasteiger partial charge on any atom is -0.445 e. The molecular formula is C37H51ClN4O7S. The Morgan fingerprint density at radius 2 is 1.78 bits per heavy atom. The second-order valence-corrected chi connectivity index (χ2v) is 16.6. The fourth-order valence-corrected chi connectivity index (χ4v) is 9.30. The Bertz CT molecular complexity index is 1400. The average Bonchev–Trinajstić information content (AvgIpc) is 3.74. The number of rotatable bonds is 14. The van der Waals surface area contributed by atoms with Crippen LogP contribution in [0.1, 0.15) is 102 Å². The Morgan fingerprint density at radius 1 is 1.00 bits per heavy atom. The van der Waals surface area contributed by atoms with E-state index in [4.69, 9.17) is 21.1 Å². The summed E-state index contributed by atoms with van der Waals surface area (Å²) in [5.41, 5.74) is 0.717. The molecule has 1 aromatic carbocycles. The lowest BCUT2D eigenvalue weighted by atomic mass is 9.83. The van der Waals surface area contributed by atoms with Crippen LogP contribution in [0.25, 0.3) is 0 Å². The molecule has 0 aromatic heterocycles. The summed E-state index contributed by atoms with van der Waals surface area (Å²) >= 11 is 7.20. The topological polar surface area (TPSA) is 152 Å². The smallest absolute Gasteiger partial charge is 0.417 e. The number of amides is 4. The summed E-state index contributed by atoms with van der Waals surface area (Å²) in [4.78, 5) is 66.9. The molecule has 4 N–H and O–H groups in total. The first kappa shape index (κ1) is 36.9. The Kier molecular flexibility index (Phi) is 12.7. The molecule has 2 heterocycles. The van der Waals surface area contributed by atoms with Gasteiger partial charge in [-0.25, -0.2) is 4.79 Å². The van der Waals surface area contributed by atoms with Gasteiger partial charge in [-0.3, -0.25) is 23.9 Å². The maximum atomic E-state index is 14.0. The van der Waals surface area contributed by atoms with Crippen LogP contribution in [0.5, 0.6) is 0 Å². The van der Waals surface area contributed by atoms with E-state index in [1.807, 2.05) is 24.3 Å². The van der Waals surface area contributed by atoms with Crippen LogP contribution in [-0.2, 0) is 35.1 Å². The molecule has 50 heavy (non-hydrogen) atoms. The molecule has 3 saturated carbocycles. The normalized spacial score (nSPS) is 26.1. The number of hydrogen-bond acceptors (Lipinski definition) is 8. The van der Waals surface area contributed by atoms with E-state index >= 15 is 0 Å². The summed E-state index contributed by atoms with van der Waals surface area (Å²) in [6, 6.07) is 6.54. The van der Waals surface area contributed by atoms with Gasteiger partial charge in [-0.15, -0.1) is 0 Å². The lowest BCUT2D eigenvalue weighted by molar-refractivity contribution is -0.140. The molecule has 5 fully saturated rings. The van der Waals surface area contributed by atoms with Crippen LogP contribution in [0.15, 0.2) is 24.3 Å². The van der Waals surface area contributed by atoms with E-state index in [2.05, 4.69) is 20.7 Å². The Balaban J connectivity index is 1.10. The van der Waals surface area contributed by atoms with Gasteiger partial charge in [0.25, 0.3) is 5.91 Å². The number of nitrogens with one attached hydrogen (secondary N) is 4. The molecule has 0 radical (unpaired) electrons. The van der Waals surface area contributed by atoms with Gasteiger partial charge in [-0.1, -0.05) is 55.8 Å². The summed E-state index contributed by atoms with van der Waals surface area (Å²) in [6.45, 7) is 1.10. The number of halogens is 1. The summed E-state index contributed by atoms with van der Waals surface area (Å²) in [5, 5.41) is 8.73. The van der Waals surface area contributed by atoms with Gasteiger partial charge in [-0.2, -0.15) is 0 Å². The molecule has 4 unspecified atom stereocenters. The van der Waals surface area contributed by atoms with E-state index in [9.17, 15) is 24.0 Å². The summed E-state index contributed by atoms with van der Waals surface area (Å²) in [6.07, 6.45) is 12.0. The predicted molar refractivity (Wildman–Crippen MR) is 190 cm³/mol. The van der Waals surface area contributed by atoms with Crippen molar-refractivity contribution in [2.24, 2.45) is 17.8 Å². The fourth-order valence-electron chi connectivity index (χ4n) is 8.26. The van der Waals surface area contributed by atoms with Crippen LogP contribution in [0.3, 0.4) is 0 Å². The Hall–Kier alpha value is -2.83. The fraction of sp³-hybridized carbons (Fsp3) is 0.703. The number of ketones is 1. The standard InChI is InChI=1S/C37H51ClN4O7S/c38-27-10-4-8-24(19-27)18-25-9-5-11-30(25)49-36(47)42-50-31(20-23-6-2-1-3-7-23)34(45)40-29(32(43)35(46)39-28-12-13-28)21-26-22-37(41-33(26)44)14-16-48-17-15-37/h4,8,10,19,23,25-26,28-31H,1-3,5-7,9,11-18,20-22H2,(H,39,46)(H,40,45)(H,41,44)(H,42,47)/t25?,26?,29?,30?,31-/m0/s1. The minimum absolute atomic E-state index is 0.0298. The largest absolute Gasteiger partial charge is 0.445 e. The molecule has 6 rings (SSSR count). The maximum Gasteiger partial charge on any atom is 0.417 e. The zero-order chi connectivity index (χ0) is 35.1. The van der Waals surface area contributed by atoms with Crippen LogP contribution in [0.2, 0.25) is 5.02 Å². The average molecular weight is 731 g/mol. The van der Waals surface area contributed by atoms with Gasteiger partial charge in [0.05, 0.1) is 6.04 Å². The molecule has 11 nitrogen and oxygen atoms in total. The predicted octanol–water partition coefficient (Wildman–Crippen LogP) is 5.17. The second kappa shape index (κ2) is 17.1. The zero-order valence-corrected chi connectivity index (χ0v) is 30.3. The molecule has 13 heteroatoms. The van der Waals surface area contributed by atoms with Gasteiger partial charge in [0.1, 0.15) is 11.4 Å². The third-order valence-corrected chi connectivity index (χ3v) is 12.4. The van der Waals surface area contributed by atoms with Crippen LogP contribution in [-0.4, -0.2) is 71.8 Å². The van der Waals surface area contributed by atoms with Crippen LogP contribution in [0, 0.1) is 17.8 Å². The third-order valence-electron chi connectivity index (χ3n) is 11.2. The van der Waals surface area contributed by atoms with E-state index < -0.39 is 40.9 Å². The number of benzene rings is 1. The molecule has 2 aliphatic heterocycles. The Labute approximate surface area is 304 Å². The van der Waals surface area contributed by atoms with Gasteiger partial charge >= 0.3 is 6.09 Å². The number of carbonyl (C=O) groups excluding carboxylic acids is 5. The van der Waals surface area contributed by atoms with Gasteiger partial charge in [0.2, 0.25) is 17.6 Å². The molecule has 4 amide bonds. The van der Waals surface area contributed by atoms with Crippen molar-refractivity contribution in [3.05, 3.63) is 34.9 Å². The quantitative estimate of drug-likeness (QED) is 0.151. The van der Waals surface area contributed by atoms with Crippen molar-refractivity contribution in [3.63, 3.8) is 0 Å². The molecule has 1 aromatic rings. The van der Waals surface area contributed by atoms with Crippen LogP contribution < -0.4 is 20.7 Å². The zero-order valence-electron chi connectivity index (χ0n) is 28.7. The van der Waals surface area contributed by atoms with Crippen molar-refractivity contribution in [2.75, 3.05) is 13.2 Å². The lowest BCUT2D eigenvalue weighted by Crippen LogP contribution is -2.51. The van der Waals surface area contributed by atoms with Gasteiger partial charge in [0.15, 0.2) is 0 Å². The molecule has 274 valence electrons. The number of carbonyl (C=O) groups is 5. The van der Waals surface area contributed by atoms with E-state index in [1.165, 1.54) is 0 Å². The minimum atomic E-state index is -1.17. The Morgan fingerprint density at radius 3 is 2.52 bits per heavy atom. The number of ether oxygens (including phenoxy) is 2. The first-order valence-electron chi connectivity index (χ1n) is 18.6. The van der Waals surface area contributed by atoms with Crippen molar-refractivity contribution >= 4 is 53.1 Å². The highest BCUT2D eigenvalue weighted by Crippen LogP contribution is 2.37. The van der Waals surface area contributed by atoms with Crippen molar-refractivity contribution in [1.82, 2.24) is 20.7 Å². The van der Waals surface area contributed by atoms with Gasteiger partial charge < -0.3 is 25.4 Å². The highest BCUT2D eigenvalue weighted by atomic mass is 35.5. The SMILES string of the molecule is O=C(NS[C@@H](CC1CCCCC1)C(=O)NC(CC1CC2(CCOCC2)NC1=O)C(=O)C(=O)NC1CC1)OC1CCCC1Cc1cccc(Cl)c1. The monoisotopic (exact) mass is 730 g/mol. The number of hydrogen-bond donors (Lipinski definition) is 4. The molecule has 3 aliphatic carbocycles. The third kappa shape index (κ3) is 10.2. The lowest BCUT2D eigenvalue weighted by Gasteiger charge is -2.33. The first-order chi connectivity index (χ1) is 24.2. The summed E-state index contributed by atoms with van der Waals surface area (Å²) in [7, 11) is 0. The van der Waals surface area contributed by atoms with E-state index in [1.54, 1.807) is 0 Å². The van der Waals surface area contributed by atoms with Crippen molar-refractivity contribution in [2.45, 2.75) is 132 Å². The highest BCUT2D eigenvalue weighted by molar-refractivity contribution is 7.99. The van der Waals surface area contributed by atoms with Crippen LogP contribution in [0.4, 0.5) is 4.79 Å². The van der Waals surface area contributed by atoms with E-state index in [0.29, 0.717) is 49.8 Å².